The van der Waals surface area contributed by atoms with Crippen LogP contribution in [-0.2, 0) is 13.0 Å². The summed E-state index contributed by atoms with van der Waals surface area (Å²) in [4.78, 5) is 4.31. The number of imidazole rings is 1. The fraction of sp³-hybridized carbons (Fsp3) is 0.667. The fourth-order valence-corrected chi connectivity index (χ4v) is 1.45. The average molecular weight is 205 g/mol. The molecule has 0 unspecified atom stereocenters. The SMILES string of the molecule is CCCc1nccn1CCC(C)(C)C#N. The molecule has 0 radical (unpaired) electrons. The Morgan fingerprint density at radius 3 is 2.87 bits per heavy atom. The summed E-state index contributed by atoms with van der Waals surface area (Å²) in [5.41, 5.74) is -0.242. The minimum Gasteiger partial charge on any atom is -0.335 e. The molecule has 3 nitrogen and oxygen atoms in total. The molecule has 0 N–H and O–H groups in total. The molecular formula is C12H19N3. The molecule has 0 aliphatic carbocycles. The molecule has 15 heavy (non-hydrogen) atoms. The van der Waals surface area contributed by atoms with Crippen molar-refractivity contribution in [1.29, 1.82) is 5.26 Å². The molecule has 0 aromatic carbocycles. The first-order valence-electron chi connectivity index (χ1n) is 5.50. The molecular weight excluding hydrogens is 186 g/mol. The third kappa shape index (κ3) is 3.39. The molecule has 0 atom stereocenters. The van der Waals surface area contributed by atoms with E-state index in [9.17, 15) is 0 Å². The first-order valence-corrected chi connectivity index (χ1v) is 5.50. The van der Waals surface area contributed by atoms with Gasteiger partial charge in [-0.3, -0.25) is 0 Å². The summed E-state index contributed by atoms with van der Waals surface area (Å²) in [5.74, 6) is 1.13. The number of rotatable bonds is 5. The van der Waals surface area contributed by atoms with Gasteiger partial charge in [0.05, 0.1) is 11.5 Å². The highest BCUT2D eigenvalue weighted by atomic mass is 15.1. The van der Waals surface area contributed by atoms with Crippen LogP contribution >= 0.6 is 0 Å². The van der Waals surface area contributed by atoms with Gasteiger partial charge in [0.1, 0.15) is 5.82 Å². The van der Waals surface area contributed by atoms with E-state index < -0.39 is 0 Å². The zero-order valence-electron chi connectivity index (χ0n) is 9.82. The van der Waals surface area contributed by atoms with Crippen molar-refractivity contribution in [3.8, 4) is 6.07 Å². The lowest BCUT2D eigenvalue weighted by atomic mass is 9.91. The van der Waals surface area contributed by atoms with E-state index in [2.05, 4.69) is 22.5 Å². The molecule has 0 amide bonds. The summed E-state index contributed by atoms with van der Waals surface area (Å²) < 4.78 is 2.16. The standard InChI is InChI=1S/C12H19N3/c1-4-5-11-14-7-9-15(11)8-6-12(2,3)10-13/h7,9H,4-6,8H2,1-3H3. The summed E-state index contributed by atoms with van der Waals surface area (Å²) in [7, 11) is 0. The molecule has 1 aromatic heterocycles. The Kier molecular flexibility index (Phi) is 3.90. The van der Waals surface area contributed by atoms with Gasteiger partial charge in [0.2, 0.25) is 0 Å². The Bertz CT molecular complexity index is 344. The molecule has 0 aliphatic heterocycles. The first-order chi connectivity index (χ1) is 7.09. The van der Waals surface area contributed by atoms with E-state index in [1.807, 2.05) is 26.2 Å². The van der Waals surface area contributed by atoms with Gasteiger partial charge >= 0.3 is 0 Å². The highest BCUT2D eigenvalue weighted by Crippen LogP contribution is 2.19. The van der Waals surface area contributed by atoms with E-state index in [1.165, 1.54) is 0 Å². The van der Waals surface area contributed by atoms with Crippen LogP contribution < -0.4 is 0 Å². The summed E-state index contributed by atoms with van der Waals surface area (Å²) in [5, 5.41) is 8.92. The van der Waals surface area contributed by atoms with Crippen molar-refractivity contribution in [3.63, 3.8) is 0 Å². The van der Waals surface area contributed by atoms with Crippen molar-refractivity contribution < 1.29 is 0 Å². The molecule has 1 heterocycles. The number of aromatic nitrogens is 2. The minimum absolute atomic E-state index is 0.242. The maximum Gasteiger partial charge on any atom is 0.108 e. The molecule has 0 spiro atoms. The van der Waals surface area contributed by atoms with Crippen LogP contribution in [0, 0.1) is 16.7 Å². The summed E-state index contributed by atoms with van der Waals surface area (Å²) in [6, 6.07) is 2.32. The normalized spacial score (nSPS) is 11.3. The van der Waals surface area contributed by atoms with Crippen molar-refractivity contribution in [1.82, 2.24) is 9.55 Å². The Morgan fingerprint density at radius 1 is 1.53 bits per heavy atom. The molecule has 0 bridgehead atoms. The molecule has 3 heteroatoms. The van der Waals surface area contributed by atoms with Crippen LogP contribution in [0.3, 0.4) is 0 Å². The Labute approximate surface area is 91.7 Å². The predicted molar refractivity (Wildman–Crippen MR) is 60.2 cm³/mol. The van der Waals surface area contributed by atoms with Gasteiger partial charge < -0.3 is 4.57 Å². The third-order valence-corrected chi connectivity index (χ3v) is 2.56. The topological polar surface area (TPSA) is 41.6 Å². The third-order valence-electron chi connectivity index (χ3n) is 2.56. The second kappa shape index (κ2) is 4.97. The van der Waals surface area contributed by atoms with Crippen LogP contribution in [0.1, 0.15) is 39.4 Å². The van der Waals surface area contributed by atoms with Gasteiger partial charge in [-0.05, 0) is 26.7 Å². The van der Waals surface area contributed by atoms with E-state index in [-0.39, 0.29) is 5.41 Å². The van der Waals surface area contributed by atoms with Crippen molar-refractivity contribution in [3.05, 3.63) is 18.2 Å². The van der Waals surface area contributed by atoms with Gasteiger partial charge in [-0.1, -0.05) is 6.92 Å². The molecule has 0 aliphatic rings. The number of hydrogen-bond acceptors (Lipinski definition) is 2. The highest BCUT2D eigenvalue weighted by molar-refractivity contribution is 4.95. The second-order valence-electron chi connectivity index (χ2n) is 4.53. The van der Waals surface area contributed by atoms with Gasteiger partial charge in [-0.25, -0.2) is 4.98 Å². The molecule has 0 saturated heterocycles. The first kappa shape index (κ1) is 11.8. The molecule has 0 saturated carbocycles. The van der Waals surface area contributed by atoms with Crippen LogP contribution in [-0.4, -0.2) is 9.55 Å². The summed E-state index contributed by atoms with van der Waals surface area (Å²) in [6.07, 6.45) is 6.83. The van der Waals surface area contributed by atoms with Crippen LogP contribution in [0.25, 0.3) is 0 Å². The average Bonchev–Trinajstić information content (AvgIpc) is 2.64. The smallest absolute Gasteiger partial charge is 0.108 e. The van der Waals surface area contributed by atoms with E-state index in [4.69, 9.17) is 5.26 Å². The Morgan fingerprint density at radius 2 is 2.27 bits per heavy atom. The maximum absolute atomic E-state index is 8.92. The Balaban J connectivity index is 2.58. The van der Waals surface area contributed by atoms with Gasteiger partial charge in [0.25, 0.3) is 0 Å². The monoisotopic (exact) mass is 205 g/mol. The molecule has 82 valence electrons. The lowest BCUT2D eigenvalue weighted by molar-refractivity contribution is 0.408. The van der Waals surface area contributed by atoms with Crippen molar-refractivity contribution >= 4 is 0 Å². The zero-order chi connectivity index (χ0) is 11.3. The van der Waals surface area contributed by atoms with Crippen molar-refractivity contribution in [2.75, 3.05) is 0 Å². The number of nitrogens with zero attached hydrogens (tertiary/aromatic N) is 3. The quantitative estimate of drug-likeness (QED) is 0.741. The van der Waals surface area contributed by atoms with Crippen molar-refractivity contribution in [2.45, 2.75) is 46.6 Å². The predicted octanol–water partition coefficient (Wildman–Crippen LogP) is 2.78. The van der Waals surface area contributed by atoms with Crippen LogP contribution in [0.4, 0.5) is 0 Å². The Hall–Kier alpha value is -1.30. The fourth-order valence-electron chi connectivity index (χ4n) is 1.45. The van der Waals surface area contributed by atoms with Crippen LogP contribution in [0.5, 0.6) is 0 Å². The highest BCUT2D eigenvalue weighted by Gasteiger charge is 2.16. The van der Waals surface area contributed by atoms with E-state index >= 15 is 0 Å². The summed E-state index contributed by atoms with van der Waals surface area (Å²) in [6.45, 7) is 6.99. The summed E-state index contributed by atoms with van der Waals surface area (Å²) >= 11 is 0. The van der Waals surface area contributed by atoms with E-state index in [1.54, 1.807) is 0 Å². The number of nitriles is 1. The van der Waals surface area contributed by atoms with E-state index in [0.29, 0.717) is 0 Å². The lowest BCUT2D eigenvalue weighted by Crippen LogP contribution is -2.13. The van der Waals surface area contributed by atoms with Crippen LogP contribution in [0.15, 0.2) is 12.4 Å². The molecule has 0 fully saturated rings. The zero-order valence-corrected chi connectivity index (χ0v) is 9.82. The second-order valence-corrected chi connectivity index (χ2v) is 4.53. The molecule has 1 rings (SSSR count). The van der Waals surface area contributed by atoms with Gasteiger partial charge in [0, 0.05) is 25.4 Å². The number of aryl methyl sites for hydroxylation is 2. The van der Waals surface area contributed by atoms with Crippen LogP contribution in [0.2, 0.25) is 0 Å². The van der Waals surface area contributed by atoms with E-state index in [0.717, 1.165) is 31.6 Å². The van der Waals surface area contributed by atoms with Gasteiger partial charge in [-0.2, -0.15) is 5.26 Å². The maximum atomic E-state index is 8.92. The largest absolute Gasteiger partial charge is 0.335 e. The molecule has 1 aromatic rings. The number of hydrogen-bond donors (Lipinski definition) is 0. The van der Waals surface area contributed by atoms with Gasteiger partial charge in [-0.15, -0.1) is 0 Å². The lowest BCUT2D eigenvalue weighted by Gasteiger charge is -2.16. The van der Waals surface area contributed by atoms with Crippen molar-refractivity contribution in [2.24, 2.45) is 5.41 Å². The van der Waals surface area contributed by atoms with Gasteiger partial charge in [0.15, 0.2) is 0 Å². The minimum atomic E-state index is -0.242.